The number of rotatable bonds is 5. The average Bonchev–Trinajstić information content (AvgIpc) is 3.01. The standard InChI is InChI=1S/C17H12F2O4/c18-17(19)23-13-5-1-11(2-6-13)3-7-14(20)12-4-8-15-16(9-12)22-10-21-15/h1-9,17H,10H2. The second kappa shape index (κ2) is 6.48. The van der Waals surface area contributed by atoms with Crippen LogP contribution in [0, 0.1) is 0 Å². The first-order valence-electron chi connectivity index (χ1n) is 6.79. The van der Waals surface area contributed by atoms with E-state index in [1.807, 2.05) is 0 Å². The summed E-state index contributed by atoms with van der Waals surface area (Å²) >= 11 is 0. The van der Waals surface area contributed by atoms with Crippen LogP contribution in [-0.4, -0.2) is 19.2 Å². The molecular formula is C17H12F2O4. The van der Waals surface area contributed by atoms with E-state index in [4.69, 9.17) is 9.47 Å². The lowest BCUT2D eigenvalue weighted by atomic mass is 10.1. The Labute approximate surface area is 130 Å². The third kappa shape index (κ3) is 3.66. The van der Waals surface area contributed by atoms with Gasteiger partial charge < -0.3 is 14.2 Å². The minimum atomic E-state index is -2.86. The summed E-state index contributed by atoms with van der Waals surface area (Å²) in [7, 11) is 0. The van der Waals surface area contributed by atoms with Crippen LogP contribution < -0.4 is 14.2 Å². The number of ether oxygens (including phenoxy) is 3. The fourth-order valence-electron chi connectivity index (χ4n) is 2.08. The van der Waals surface area contributed by atoms with Crippen molar-refractivity contribution in [3.63, 3.8) is 0 Å². The lowest BCUT2D eigenvalue weighted by Gasteiger charge is -2.03. The van der Waals surface area contributed by atoms with Gasteiger partial charge in [-0.2, -0.15) is 8.78 Å². The van der Waals surface area contributed by atoms with Gasteiger partial charge in [0.2, 0.25) is 6.79 Å². The largest absolute Gasteiger partial charge is 0.454 e. The van der Waals surface area contributed by atoms with Crippen LogP contribution in [0.5, 0.6) is 17.2 Å². The molecule has 0 atom stereocenters. The van der Waals surface area contributed by atoms with Crippen LogP contribution in [0.3, 0.4) is 0 Å². The van der Waals surface area contributed by atoms with Gasteiger partial charge in [0.05, 0.1) is 0 Å². The first-order chi connectivity index (χ1) is 11.1. The van der Waals surface area contributed by atoms with E-state index in [2.05, 4.69) is 4.74 Å². The molecule has 0 fully saturated rings. The number of carbonyl (C=O) groups is 1. The van der Waals surface area contributed by atoms with Crippen molar-refractivity contribution < 1.29 is 27.8 Å². The summed E-state index contributed by atoms with van der Waals surface area (Å²) in [4.78, 5) is 12.1. The topological polar surface area (TPSA) is 44.8 Å². The molecule has 0 amide bonds. The Morgan fingerprint density at radius 2 is 1.83 bits per heavy atom. The molecule has 6 heteroatoms. The van der Waals surface area contributed by atoms with Gasteiger partial charge in [0.1, 0.15) is 5.75 Å². The molecule has 0 radical (unpaired) electrons. The molecule has 1 aliphatic rings. The third-order valence-corrected chi connectivity index (χ3v) is 3.19. The van der Waals surface area contributed by atoms with E-state index in [0.717, 1.165) is 0 Å². The molecule has 2 aromatic carbocycles. The molecule has 0 saturated heterocycles. The summed E-state index contributed by atoms with van der Waals surface area (Å²) in [6.45, 7) is -2.71. The fourth-order valence-corrected chi connectivity index (χ4v) is 2.08. The molecule has 3 rings (SSSR count). The zero-order valence-electron chi connectivity index (χ0n) is 11.9. The molecule has 0 aromatic heterocycles. The van der Waals surface area contributed by atoms with E-state index < -0.39 is 6.61 Å². The second-order valence-electron chi connectivity index (χ2n) is 4.71. The van der Waals surface area contributed by atoms with Gasteiger partial charge in [-0.1, -0.05) is 18.2 Å². The smallest absolute Gasteiger partial charge is 0.387 e. The van der Waals surface area contributed by atoms with Crippen LogP contribution >= 0.6 is 0 Å². The number of benzene rings is 2. The molecule has 0 aliphatic carbocycles. The number of halogens is 2. The Kier molecular flexibility index (Phi) is 4.23. The van der Waals surface area contributed by atoms with E-state index in [-0.39, 0.29) is 18.3 Å². The summed E-state index contributed by atoms with van der Waals surface area (Å²) < 4.78 is 38.8. The first kappa shape index (κ1) is 15.0. The van der Waals surface area contributed by atoms with E-state index in [1.165, 1.54) is 18.2 Å². The highest BCUT2D eigenvalue weighted by molar-refractivity contribution is 6.07. The van der Waals surface area contributed by atoms with Gasteiger partial charge in [-0.15, -0.1) is 0 Å². The molecule has 0 unspecified atom stereocenters. The zero-order valence-corrected chi connectivity index (χ0v) is 11.9. The van der Waals surface area contributed by atoms with Crippen molar-refractivity contribution in [1.29, 1.82) is 0 Å². The fraction of sp³-hybridized carbons (Fsp3) is 0.118. The van der Waals surface area contributed by atoms with Gasteiger partial charge >= 0.3 is 6.61 Å². The maximum Gasteiger partial charge on any atom is 0.387 e. The number of allylic oxidation sites excluding steroid dienone is 1. The van der Waals surface area contributed by atoms with Gasteiger partial charge in [0.15, 0.2) is 17.3 Å². The van der Waals surface area contributed by atoms with Crippen LogP contribution in [0.15, 0.2) is 48.5 Å². The van der Waals surface area contributed by atoms with E-state index >= 15 is 0 Å². The van der Waals surface area contributed by atoms with Crippen molar-refractivity contribution >= 4 is 11.9 Å². The van der Waals surface area contributed by atoms with Gasteiger partial charge in [0, 0.05) is 5.56 Å². The zero-order chi connectivity index (χ0) is 16.2. The Bertz CT molecular complexity index is 739. The molecule has 118 valence electrons. The minimum absolute atomic E-state index is 0.0687. The highest BCUT2D eigenvalue weighted by Gasteiger charge is 2.15. The quantitative estimate of drug-likeness (QED) is 0.619. The minimum Gasteiger partial charge on any atom is -0.454 e. The van der Waals surface area contributed by atoms with Crippen molar-refractivity contribution in [1.82, 2.24) is 0 Å². The van der Waals surface area contributed by atoms with E-state index in [9.17, 15) is 13.6 Å². The Morgan fingerprint density at radius 3 is 2.57 bits per heavy atom. The molecular weight excluding hydrogens is 306 g/mol. The molecule has 2 aromatic rings. The Hall–Kier alpha value is -2.89. The number of hydrogen-bond donors (Lipinski definition) is 0. The van der Waals surface area contributed by atoms with E-state index in [0.29, 0.717) is 22.6 Å². The Morgan fingerprint density at radius 1 is 1.09 bits per heavy atom. The molecule has 0 spiro atoms. The number of alkyl halides is 2. The summed E-state index contributed by atoms with van der Waals surface area (Å²) in [6.07, 6.45) is 3.00. The SMILES string of the molecule is O=C(C=Cc1ccc(OC(F)F)cc1)c1ccc2c(c1)OCO2. The molecule has 1 heterocycles. The highest BCUT2D eigenvalue weighted by Crippen LogP contribution is 2.32. The van der Waals surface area contributed by atoms with Crippen LogP contribution in [-0.2, 0) is 0 Å². The lowest BCUT2D eigenvalue weighted by Crippen LogP contribution is -2.01. The summed E-state index contributed by atoms with van der Waals surface area (Å²) in [5, 5.41) is 0. The second-order valence-corrected chi connectivity index (χ2v) is 4.71. The van der Waals surface area contributed by atoms with Gasteiger partial charge in [-0.05, 0) is 42.0 Å². The number of carbonyl (C=O) groups excluding carboxylic acids is 1. The molecule has 1 aliphatic heterocycles. The first-order valence-corrected chi connectivity index (χ1v) is 6.79. The van der Waals surface area contributed by atoms with Crippen molar-refractivity contribution in [3.05, 3.63) is 59.7 Å². The van der Waals surface area contributed by atoms with Gasteiger partial charge in [0.25, 0.3) is 0 Å². The summed E-state index contributed by atoms with van der Waals surface area (Å²) in [5.41, 5.74) is 1.17. The maximum atomic E-state index is 12.1. The summed E-state index contributed by atoms with van der Waals surface area (Å²) in [6, 6.07) is 10.9. The average molecular weight is 318 g/mol. The normalized spacial score (nSPS) is 12.8. The third-order valence-electron chi connectivity index (χ3n) is 3.19. The van der Waals surface area contributed by atoms with Crippen molar-refractivity contribution in [2.75, 3.05) is 6.79 Å². The van der Waals surface area contributed by atoms with Crippen LogP contribution in [0.2, 0.25) is 0 Å². The molecule has 0 N–H and O–H groups in total. The van der Waals surface area contributed by atoms with Crippen molar-refractivity contribution in [3.8, 4) is 17.2 Å². The monoisotopic (exact) mass is 318 g/mol. The van der Waals surface area contributed by atoms with Crippen LogP contribution in [0.1, 0.15) is 15.9 Å². The lowest BCUT2D eigenvalue weighted by molar-refractivity contribution is -0.0498. The Balaban J connectivity index is 1.68. The van der Waals surface area contributed by atoms with Crippen molar-refractivity contribution in [2.24, 2.45) is 0 Å². The highest BCUT2D eigenvalue weighted by atomic mass is 19.3. The predicted octanol–water partition coefficient (Wildman–Crippen LogP) is 3.91. The van der Waals surface area contributed by atoms with E-state index in [1.54, 1.807) is 36.4 Å². The number of hydrogen-bond acceptors (Lipinski definition) is 4. The van der Waals surface area contributed by atoms with Crippen LogP contribution in [0.25, 0.3) is 6.08 Å². The van der Waals surface area contributed by atoms with Gasteiger partial charge in [-0.25, -0.2) is 0 Å². The number of fused-ring (bicyclic) bond motifs is 1. The predicted molar refractivity (Wildman–Crippen MR) is 79.0 cm³/mol. The number of ketones is 1. The molecule has 4 nitrogen and oxygen atoms in total. The molecule has 0 bridgehead atoms. The maximum absolute atomic E-state index is 12.1. The molecule has 0 saturated carbocycles. The molecule has 23 heavy (non-hydrogen) atoms. The van der Waals surface area contributed by atoms with Crippen molar-refractivity contribution in [2.45, 2.75) is 6.61 Å². The van der Waals surface area contributed by atoms with Gasteiger partial charge in [-0.3, -0.25) is 4.79 Å². The van der Waals surface area contributed by atoms with Crippen LogP contribution in [0.4, 0.5) is 8.78 Å². The summed E-state index contributed by atoms with van der Waals surface area (Å²) in [5.74, 6) is 1.02.